The standard InChI is InChI=1S/C26H35NO4S/c1-7-11-19(24(8-2)32-25(9-3)29-6)14-23(31-10-4)22-15-21(13-12-18(22)5)27-26(28)20-16-30-17-20/h8-9,11-15,20H,7,10,16-17H2,1-6H3,(H,27,28)/b19-11-,23-14+,24-8-,25-9-. The largest absolute Gasteiger partial charge is 0.493 e. The third kappa shape index (κ3) is 7.04. The maximum Gasteiger partial charge on any atom is 0.232 e. The zero-order chi connectivity index (χ0) is 23.5. The molecule has 0 saturated carbocycles. The van der Waals surface area contributed by atoms with Crippen LogP contribution in [0.4, 0.5) is 5.69 Å². The van der Waals surface area contributed by atoms with Crippen LogP contribution in [0.15, 0.2) is 58.1 Å². The van der Waals surface area contributed by atoms with E-state index in [0.29, 0.717) is 19.8 Å². The van der Waals surface area contributed by atoms with Crippen LogP contribution in [0.3, 0.4) is 0 Å². The number of anilines is 1. The molecule has 1 saturated heterocycles. The first-order chi connectivity index (χ1) is 15.5. The summed E-state index contributed by atoms with van der Waals surface area (Å²) in [6.07, 6.45) is 9.18. The van der Waals surface area contributed by atoms with Crippen molar-refractivity contribution in [2.75, 3.05) is 32.2 Å². The lowest BCUT2D eigenvalue weighted by Crippen LogP contribution is -2.38. The second kappa shape index (κ2) is 13.2. The molecule has 1 amide bonds. The van der Waals surface area contributed by atoms with Crippen LogP contribution in [0.2, 0.25) is 0 Å². The first-order valence-corrected chi connectivity index (χ1v) is 11.9. The van der Waals surface area contributed by atoms with E-state index >= 15 is 0 Å². The lowest BCUT2D eigenvalue weighted by molar-refractivity contribution is -0.133. The first-order valence-electron chi connectivity index (χ1n) is 11.1. The SMILES string of the molecule is C/C=C(/OC)SC(=C\C)/C(=C\CC)/C=C(/OCC)c1cc(NC(=O)C2COC2)ccc1C. The summed E-state index contributed by atoms with van der Waals surface area (Å²) in [6.45, 7) is 11.6. The normalized spacial score (nSPS) is 15.9. The van der Waals surface area contributed by atoms with Gasteiger partial charge in [0.2, 0.25) is 5.91 Å². The summed E-state index contributed by atoms with van der Waals surface area (Å²) in [5.41, 5.74) is 3.85. The number of allylic oxidation sites excluding steroid dienone is 5. The summed E-state index contributed by atoms with van der Waals surface area (Å²) in [6, 6.07) is 5.91. The van der Waals surface area contributed by atoms with Gasteiger partial charge in [0, 0.05) is 16.2 Å². The molecule has 1 N–H and O–H groups in total. The molecule has 5 nitrogen and oxygen atoms in total. The number of carbonyl (C=O) groups excluding carboxylic acids is 1. The first kappa shape index (κ1) is 25.8. The Kier molecular flexibility index (Phi) is 10.6. The molecule has 1 aromatic rings. The maximum atomic E-state index is 12.4. The van der Waals surface area contributed by atoms with Gasteiger partial charge in [-0.25, -0.2) is 0 Å². The molecule has 1 fully saturated rings. The molecule has 32 heavy (non-hydrogen) atoms. The molecule has 2 rings (SSSR count). The van der Waals surface area contributed by atoms with E-state index in [0.717, 1.165) is 44.6 Å². The average molecular weight is 458 g/mol. The molecule has 0 atom stereocenters. The summed E-state index contributed by atoms with van der Waals surface area (Å²) >= 11 is 1.58. The fourth-order valence-electron chi connectivity index (χ4n) is 3.15. The molecule has 0 bridgehead atoms. The minimum atomic E-state index is -0.0726. The van der Waals surface area contributed by atoms with Crippen molar-refractivity contribution in [3.8, 4) is 0 Å². The highest BCUT2D eigenvalue weighted by Gasteiger charge is 2.26. The molecule has 0 unspecified atom stereocenters. The van der Waals surface area contributed by atoms with Crippen molar-refractivity contribution in [3.63, 3.8) is 0 Å². The van der Waals surface area contributed by atoms with Gasteiger partial charge in [-0.15, -0.1) is 0 Å². The van der Waals surface area contributed by atoms with Gasteiger partial charge in [-0.05, 0) is 69.5 Å². The van der Waals surface area contributed by atoms with E-state index in [1.54, 1.807) is 18.9 Å². The van der Waals surface area contributed by atoms with Crippen molar-refractivity contribution in [2.24, 2.45) is 5.92 Å². The number of carbonyl (C=O) groups is 1. The Morgan fingerprint density at radius 3 is 2.53 bits per heavy atom. The van der Waals surface area contributed by atoms with Crippen LogP contribution < -0.4 is 5.32 Å². The molecule has 1 heterocycles. The molecular formula is C26H35NO4S. The van der Waals surface area contributed by atoms with Crippen LogP contribution in [0.25, 0.3) is 5.76 Å². The third-order valence-corrected chi connectivity index (χ3v) is 6.28. The van der Waals surface area contributed by atoms with E-state index < -0.39 is 0 Å². The molecular weight excluding hydrogens is 422 g/mol. The highest BCUT2D eigenvalue weighted by Crippen LogP contribution is 2.35. The number of ether oxygens (including phenoxy) is 3. The Morgan fingerprint density at radius 2 is 2.00 bits per heavy atom. The maximum absolute atomic E-state index is 12.4. The number of nitrogens with one attached hydrogen (secondary N) is 1. The zero-order valence-corrected chi connectivity index (χ0v) is 20.8. The zero-order valence-electron chi connectivity index (χ0n) is 20.0. The molecule has 0 aromatic heterocycles. The van der Waals surface area contributed by atoms with Gasteiger partial charge in [0.1, 0.15) is 5.76 Å². The van der Waals surface area contributed by atoms with Crippen molar-refractivity contribution in [1.82, 2.24) is 0 Å². The second-order valence-electron chi connectivity index (χ2n) is 7.33. The van der Waals surface area contributed by atoms with Crippen LogP contribution in [-0.4, -0.2) is 32.8 Å². The quantitative estimate of drug-likeness (QED) is 0.306. The van der Waals surface area contributed by atoms with Crippen LogP contribution in [-0.2, 0) is 19.0 Å². The van der Waals surface area contributed by atoms with Crippen molar-refractivity contribution in [2.45, 2.75) is 41.0 Å². The monoisotopic (exact) mass is 457 g/mol. The van der Waals surface area contributed by atoms with Gasteiger partial charge in [-0.1, -0.05) is 36.9 Å². The number of aryl methyl sites for hydroxylation is 1. The molecule has 0 aliphatic carbocycles. The fraction of sp³-hybridized carbons (Fsp3) is 0.423. The Labute approximate surface area is 196 Å². The van der Waals surface area contributed by atoms with E-state index in [9.17, 15) is 4.79 Å². The van der Waals surface area contributed by atoms with Gasteiger partial charge in [0.05, 0.1) is 32.8 Å². The number of hydrogen-bond donors (Lipinski definition) is 1. The van der Waals surface area contributed by atoms with E-state index in [-0.39, 0.29) is 11.8 Å². The van der Waals surface area contributed by atoms with Crippen LogP contribution in [0.5, 0.6) is 0 Å². The summed E-state index contributed by atoms with van der Waals surface area (Å²) in [4.78, 5) is 13.5. The van der Waals surface area contributed by atoms with E-state index in [2.05, 4.69) is 30.5 Å². The minimum Gasteiger partial charge on any atom is -0.493 e. The topological polar surface area (TPSA) is 56.8 Å². The number of thioether (sulfide) groups is 1. The summed E-state index contributed by atoms with van der Waals surface area (Å²) < 4.78 is 16.7. The third-order valence-electron chi connectivity index (χ3n) is 4.98. The van der Waals surface area contributed by atoms with Crippen LogP contribution in [0, 0.1) is 12.8 Å². The van der Waals surface area contributed by atoms with Gasteiger partial charge >= 0.3 is 0 Å². The van der Waals surface area contributed by atoms with Crippen LogP contribution >= 0.6 is 11.8 Å². The lowest BCUT2D eigenvalue weighted by atomic mass is 10.0. The van der Waals surface area contributed by atoms with Crippen molar-refractivity contribution in [1.29, 1.82) is 0 Å². The van der Waals surface area contributed by atoms with Crippen LogP contribution in [0.1, 0.15) is 45.2 Å². The molecule has 1 aliphatic heterocycles. The van der Waals surface area contributed by atoms with Gasteiger partial charge in [0.15, 0.2) is 5.09 Å². The van der Waals surface area contributed by atoms with E-state index in [4.69, 9.17) is 14.2 Å². The number of hydrogen-bond acceptors (Lipinski definition) is 5. The van der Waals surface area contributed by atoms with Gasteiger partial charge in [0.25, 0.3) is 0 Å². The van der Waals surface area contributed by atoms with Crippen molar-refractivity contribution < 1.29 is 19.0 Å². The van der Waals surface area contributed by atoms with Gasteiger partial charge in [-0.3, -0.25) is 4.79 Å². The fourth-order valence-corrected chi connectivity index (χ4v) is 3.95. The Hall–Kier alpha value is -2.44. The average Bonchev–Trinajstić information content (AvgIpc) is 2.74. The van der Waals surface area contributed by atoms with E-state index in [1.807, 2.05) is 52.0 Å². The molecule has 1 aliphatic rings. The summed E-state index contributed by atoms with van der Waals surface area (Å²) in [7, 11) is 1.68. The predicted molar refractivity (Wildman–Crippen MR) is 134 cm³/mol. The summed E-state index contributed by atoms with van der Waals surface area (Å²) in [5.74, 6) is 0.689. The predicted octanol–water partition coefficient (Wildman–Crippen LogP) is 6.44. The number of rotatable bonds is 11. The molecule has 1 aromatic carbocycles. The minimum absolute atomic E-state index is 0.00869. The second-order valence-corrected chi connectivity index (χ2v) is 8.38. The molecule has 0 radical (unpaired) electrons. The number of amides is 1. The Balaban J connectivity index is 2.41. The molecule has 174 valence electrons. The molecule has 6 heteroatoms. The Bertz CT molecular complexity index is 910. The van der Waals surface area contributed by atoms with Crippen molar-refractivity contribution >= 4 is 29.1 Å². The van der Waals surface area contributed by atoms with Crippen molar-refractivity contribution in [3.05, 3.63) is 69.2 Å². The highest BCUT2D eigenvalue weighted by atomic mass is 32.2. The Morgan fingerprint density at radius 1 is 1.25 bits per heavy atom. The lowest BCUT2D eigenvalue weighted by Gasteiger charge is -2.25. The smallest absolute Gasteiger partial charge is 0.232 e. The van der Waals surface area contributed by atoms with Gasteiger partial charge in [-0.2, -0.15) is 0 Å². The van der Waals surface area contributed by atoms with E-state index in [1.165, 1.54) is 0 Å². The molecule has 0 spiro atoms. The van der Waals surface area contributed by atoms with Gasteiger partial charge < -0.3 is 19.5 Å². The highest BCUT2D eigenvalue weighted by molar-refractivity contribution is 8.06. The number of benzene rings is 1. The number of methoxy groups -OCH3 is 1. The summed E-state index contributed by atoms with van der Waals surface area (Å²) in [5, 5.41) is 3.85.